The zero-order valence-electron chi connectivity index (χ0n) is 18.0. The molecule has 1 aliphatic rings. The zero-order chi connectivity index (χ0) is 23.1. The molecule has 0 amide bonds. The van der Waals surface area contributed by atoms with E-state index >= 15 is 0 Å². The molecule has 0 radical (unpaired) electrons. The average molecular weight is 522 g/mol. The molecular formula is C26H21BrFN3OS. The number of nitrogens with zero attached hydrogens (tertiary/aromatic N) is 2. The van der Waals surface area contributed by atoms with Crippen LogP contribution < -0.4 is 10.2 Å². The van der Waals surface area contributed by atoms with Crippen molar-refractivity contribution >= 4 is 38.9 Å². The van der Waals surface area contributed by atoms with Crippen molar-refractivity contribution in [2.24, 2.45) is 0 Å². The van der Waals surface area contributed by atoms with Crippen LogP contribution in [0.3, 0.4) is 0 Å². The second kappa shape index (κ2) is 8.72. The topological polar surface area (TPSA) is 41.3 Å². The quantitative estimate of drug-likeness (QED) is 0.291. The summed E-state index contributed by atoms with van der Waals surface area (Å²) in [5.41, 5.74) is 4.33. The van der Waals surface area contributed by atoms with Crippen LogP contribution in [0.1, 0.15) is 34.7 Å². The Bertz CT molecular complexity index is 1340. The van der Waals surface area contributed by atoms with Crippen LogP contribution in [0.4, 0.5) is 10.1 Å². The smallest absolute Gasteiger partial charge is 0.174 e. The first-order valence-corrected chi connectivity index (χ1v) is 11.8. The number of thiocarbonyl (C=S) groups is 1. The summed E-state index contributed by atoms with van der Waals surface area (Å²) in [5.74, 6) is 1.24. The van der Waals surface area contributed by atoms with Crippen LogP contribution in [-0.4, -0.2) is 10.1 Å². The highest BCUT2D eigenvalue weighted by Crippen LogP contribution is 2.43. The Balaban J connectivity index is 1.61. The minimum Gasteiger partial charge on any atom is -0.459 e. The van der Waals surface area contributed by atoms with Gasteiger partial charge in [0, 0.05) is 21.9 Å². The van der Waals surface area contributed by atoms with Gasteiger partial charge in [-0.05, 0) is 91.8 Å². The summed E-state index contributed by atoms with van der Waals surface area (Å²) < 4.78 is 21.4. The van der Waals surface area contributed by atoms with Gasteiger partial charge < -0.3 is 14.6 Å². The minimum atomic E-state index is -0.296. The van der Waals surface area contributed by atoms with Gasteiger partial charge in [0.15, 0.2) is 5.11 Å². The number of hydrogen-bond acceptors (Lipinski definition) is 3. The van der Waals surface area contributed by atoms with Crippen molar-refractivity contribution < 1.29 is 8.81 Å². The van der Waals surface area contributed by atoms with E-state index in [1.165, 1.54) is 6.07 Å². The fourth-order valence-corrected chi connectivity index (χ4v) is 5.21. The minimum absolute atomic E-state index is 0.232. The molecule has 0 bridgehead atoms. The van der Waals surface area contributed by atoms with Crippen LogP contribution in [0.2, 0.25) is 0 Å². The number of nitrogens with one attached hydrogen (secondary N) is 1. The summed E-state index contributed by atoms with van der Waals surface area (Å²) in [4.78, 5) is 6.54. The molecule has 2 aromatic heterocycles. The highest BCUT2D eigenvalue weighted by atomic mass is 79.9. The number of halogens is 2. The molecule has 3 heterocycles. The van der Waals surface area contributed by atoms with Crippen LogP contribution in [-0.2, 0) is 0 Å². The van der Waals surface area contributed by atoms with E-state index in [2.05, 4.69) is 38.4 Å². The van der Waals surface area contributed by atoms with Gasteiger partial charge >= 0.3 is 0 Å². The third-order valence-corrected chi connectivity index (χ3v) is 6.80. The van der Waals surface area contributed by atoms with Crippen LogP contribution in [0.15, 0.2) is 81.8 Å². The summed E-state index contributed by atoms with van der Waals surface area (Å²) in [6.45, 7) is 3.80. The number of rotatable bonds is 4. The third kappa shape index (κ3) is 4.07. The Morgan fingerprint density at radius 1 is 1.06 bits per heavy atom. The normalized spacial score (nSPS) is 17.9. The summed E-state index contributed by atoms with van der Waals surface area (Å²) in [7, 11) is 0. The number of pyridine rings is 1. The van der Waals surface area contributed by atoms with Crippen molar-refractivity contribution in [3.8, 4) is 11.3 Å². The number of anilines is 1. The first-order chi connectivity index (χ1) is 15.9. The van der Waals surface area contributed by atoms with E-state index in [0.29, 0.717) is 10.7 Å². The maximum atomic E-state index is 14.0. The molecule has 166 valence electrons. The van der Waals surface area contributed by atoms with Crippen LogP contribution in [0, 0.1) is 19.7 Å². The number of furan rings is 1. The fourth-order valence-electron chi connectivity index (χ4n) is 4.18. The van der Waals surface area contributed by atoms with Gasteiger partial charge in [-0.15, -0.1) is 0 Å². The molecule has 0 spiro atoms. The molecule has 0 unspecified atom stereocenters. The lowest BCUT2D eigenvalue weighted by molar-refractivity contribution is 0.439. The molecule has 0 saturated carbocycles. The van der Waals surface area contributed by atoms with E-state index in [-0.39, 0.29) is 17.9 Å². The molecule has 2 atom stereocenters. The first kappa shape index (κ1) is 21.8. The van der Waals surface area contributed by atoms with Gasteiger partial charge in [0.1, 0.15) is 23.4 Å². The molecule has 33 heavy (non-hydrogen) atoms. The predicted octanol–water partition coefficient (Wildman–Crippen LogP) is 7.04. The molecule has 5 rings (SSSR count). The summed E-state index contributed by atoms with van der Waals surface area (Å²) in [6, 6.07) is 20.4. The van der Waals surface area contributed by atoms with E-state index in [1.54, 1.807) is 25.3 Å². The van der Waals surface area contributed by atoms with Gasteiger partial charge in [0.2, 0.25) is 0 Å². The average Bonchev–Trinajstić information content (AvgIpc) is 3.41. The Hall–Kier alpha value is -3.03. The number of aryl methyl sites for hydroxylation is 2. The van der Waals surface area contributed by atoms with Crippen LogP contribution in [0.5, 0.6) is 0 Å². The van der Waals surface area contributed by atoms with Crippen molar-refractivity contribution in [1.29, 1.82) is 0 Å². The number of aromatic nitrogens is 1. The molecule has 0 aliphatic carbocycles. The van der Waals surface area contributed by atoms with E-state index < -0.39 is 0 Å². The summed E-state index contributed by atoms with van der Waals surface area (Å²) in [5, 5.41) is 3.94. The van der Waals surface area contributed by atoms with Gasteiger partial charge in [-0.1, -0.05) is 28.1 Å². The maximum Gasteiger partial charge on any atom is 0.174 e. The Morgan fingerprint density at radius 2 is 1.91 bits per heavy atom. The van der Waals surface area contributed by atoms with Gasteiger partial charge in [0.05, 0.1) is 11.7 Å². The first-order valence-electron chi connectivity index (χ1n) is 10.6. The van der Waals surface area contributed by atoms with E-state index in [4.69, 9.17) is 16.6 Å². The standard InChI is InChI=1S/C26H21BrFN3OS/c1-15-6-8-18(19(27)13-15)22-10-11-23(32-22)25-24(21-5-3-4-12-29-21)30-26(33)31(25)17-7-9-20(28)16(2)14-17/h3-14,24-25H,1-2H3,(H,30,33)/t24-,25-/m0/s1. The largest absolute Gasteiger partial charge is 0.459 e. The Kier molecular flexibility index (Phi) is 5.76. The van der Waals surface area contributed by atoms with Gasteiger partial charge in [0.25, 0.3) is 0 Å². The molecule has 4 nitrogen and oxygen atoms in total. The Morgan fingerprint density at radius 3 is 2.64 bits per heavy atom. The summed E-state index contributed by atoms with van der Waals surface area (Å²) in [6.07, 6.45) is 1.76. The van der Waals surface area contributed by atoms with Crippen molar-refractivity contribution in [2.75, 3.05) is 4.90 Å². The van der Waals surface area contributed by atoms with E-state index in [9.17, 15) is 4.39 Å². The lowest BCUT2D eigenvalue weighted by Gasteiger charge is -2.26. The van der Waals surface area contributed by atoms with Gasteiger partial charge in [-0.25, -0.2) is 4.39 Å². The molecule has 4 aromatic rings. The molecular weight excluding hydrogens is 501 g/mol. The van der Waals surface area contributed by atoms with Crippen molar-refractivity contribution in [3.05, 3.63) is 106 Å². The Labute approximate surface area is 205 Å². The molecule has 1 fully saturated rings. The zero-order valence-corrected chi connectivity index (χ0v) is 20.5. The van der Waals surface area contributed by atoms with E-state index in [0.717, 1.165) is 38.5 Å². The third-order valence-electron chi connectivity index (χ3n) is 5.83. The van der Waals surface area contributed by atoms with E-state index in [1.807, 2.05) is 48.2 Å². The summed E-state index contributed by atoms with van der Waals surface area (Å²) >= 11 is 9.38. The lowest BCUT2D eigenvalue weighted by Crippen LogP contribution is -2.29. The van der Waals surface area contributed by atoms with Crippen LogP contribution in [0.25, 0.3) is 11.3 Å². The second-order valence-corrected chi connectivity index (χ2v) is 9.36. The van der Waals surface area contributed by atoms with Gasteiger partial charge in [-0.2, -0.15) is 0 Å². The number of hydrogen-bond donors (Lipinski definition) is 1. The maximum absolute atomic E-state index is 14.0. The lowest BCUT2D eigenvalue weighted by atomic mass is 10.0. The number of benzene rings is 2. The molecule has 1 aliphatic heterocycles. The predicted molar refractivity (Wildman–Crippen MR) is 136 cm³/mol. The molecule has 1 N–H and O–H groups in total. The highest BCUT2D eigenvalue weighted by molar-refractivity contribution is 9.10. The molecule has 1 saturated heterocycles. The monoisotopic (exact) mass is 521 g/mol. The fraction of sp³-hybridized carbons (Fsp3) is 0.154. The molecule has 2 aromatic carbocycles. The highest BCUT2D eigenvalue weighted by Gasteiger charge is 2.42. The SMILES string of the molecule is Cc1ccc(-c2ccc([C@H]3[C@H](c4ccccn4)NC(=S)N3c3ccc(F)c(C)c3)o2)c(Br)c1. The second-order valence-electron chi connectivity index (χ2n) is 8.12. The van der Waals surface area contributed by atoms with Crippen molar-refractivity contribution in [1.82, 2.24) is 10.3 Å². The molecule has 7 heteroatoms. The van der Waals surface area contributed by atoms with Gasteiger partial charge in [-0.3, -0.25) is 4.98 Å². The van der Waals surface area contributed by atoms with Crippen molar-refractivity contribution in [3.63, 3.8) is 0 Å². The van der Waals surface area contributed by atoms with Crippen molar-refractivity contribution in [2.45, 2.75) is 25.9 Å². The van der Waals surface area contributed by atoms with Crippen LogP contribution >= 0.6 is 28.1 Å².